The van der Waals surface area contributed by atoms with E-state index in [0.29, 0.717) is 17.9 Å². The molecule has 22 heavy (non-hydrogen) atoms. The van der Waals surface area contributed by atoms with Gasteiger partial charge in [-0.2, -0.15) is 0 Å². The molecule has 120 valence electrons. The van der Waals surface area contributed by atoms with Crippen molar-refractivity contribution < 1.29 is 18.7 Å². The molecule has 0 saturated heterocycles. The maximum Gasteiger partial charge on any atom is 0.328 e. The fourth-order valence-corrected chi connectivity index (χ4v) is 2.95. The van der Waals surface area contributed by atoms with Gasteiger partial charge in [0.2, 0.25) is 5.91 Å². The number of benzene rings is 1. The highest BCUT2D eigenvalue weighted by Crippen LogP contribution is 2.27. The van der Waals surface area contributed by atoms with Gasteiger partial charge in [0, 0.05) is 12.8 Å². The summed E-state index contributed by atoms with van der Waals surface area (Å²) in [5.41, 5.74) is 0.388. The van der Waals surface area contributed by atoms with E-state index < -0.39 is 12.0 Å². The van der Waals surface area contributed by atoms with Crippen molar-refractivity contribution in [2.24, 2.45) is 5.92 Å². The lowest BCUT2D eigenvalue weighted by atomic mass is 10.0. The second-order valence-electron chi connectivity index (χ2n) is 5.79. The fraction of sp³-hybridized carbons (Fsp3) is 0.529. The lowest BCUT2D eigenvalue weighted by molar-refractivity contribution is -0.145. The molecule has 1 aromatic carbocycles. The largest absolute Gasteiger partial charge is 0.467 e. The SMILES string of the molecule is COC(=O)[C@H](Cc1ccccc1F)NC(=O)CC1CCCC1. The Morgan fingerprint density at radius 3 is 2.64 bits per heavy atom. The zero-order valence-electron chi connectivity index (χ0n) is 12.8. The Kier molecular flexibility index (Phi) is 5.92. The summed E-state index contributed by atoms with van der Waals surface area (Å²) >= 11 is 0. The van der Waals surface area contributed by atoms with Gasteiger partial charge >= 0.3 is 5.97 Å². The molecule has 2 rings (SSSR count). The standard InChI is InChI=1S/C17H22FNO3/c1-22-17(21)15(11-13-8-4-5-9-14(13)18)19-16(20)10-12-6-2-3-7-12/h4-5,8-9,12,15H,2-3,6-7,10-11H2,1H3,(H,19,20)/t15-/m0/s1. The fourth-order valence-electron chi connectivity index (χ4n) is 2.95. The summed E-state index contributed by atoms with van der Waals surface area (Å²) in [6.07, 6.45) is 4.95. The van der Waals surface area contributed by atoms with E-state index in [1.54, 1.807) is 18.2 Å². The average Bonchev–Trinajstić information content (AvgIpc) is 3.00. The molecular formula is C17H22FNO3. The van der Waals surface area contributed by atoms with Crippen LogP contribution < -0.4 is 5.32 Å². The molecule has 0 heterocycles. The van der Waals surface area contributed by atoms with Crippen molar-refractivity contribution in [1.29, 1.82) is 0 Å². The summed E-state index contributed by atoms with van der Waals surface area (Å²) in [4.78, 5) is 23.9. The molecule has 0 aliphatic heterocycles. The summed E-state index contributed by atoms with van der Waals surface area (Å²) in [7, 11) is 1.26. The Hall–Kier alpha value is -1.91. The summed E-state index contributed by atoms with van der Waals surface area (Å²) in [5.74, 6) is -0.713. The van der Waals surface area contributed by atoms with Crippen LogP contribution in [0.15, 0.2) is 24.3 Å². The van der Waals surface area contributed by atoms with Gasteiger partial charge in [-0.25, -0.2) is 9.18 Å². The second kappa shape index (κ2) is 7.92. The predicted molar refractivity (Wildman–Crippen MR) is 80.6 cm³/mol. The van der Waals surface area contributed by atoms with Gasteiger partial charge in [0.1, 0.15) is 11.9 Å². The number of halogens is 1. The molecule has 0 unspecified atom stereocenters. The highest BCUT2D eigenvalue weighted by molar-refractivity contribution is 5.84. The number of hydrogen-bond acceptors (Lipinski definition) is 3. The maximum atomic E-state index is 13.7. The van der Waals surface area contributed by atoms with E-state index in [9.17, 15) is 14.0 Å². The molecule has 1 fully saturated rings. The number of esters is 1. The third-order valence-corrected chi connectivity index (χ3v) is 4.15. The highest BCUT2D eigenvalue weighted by atomic mass is 19.1. The van der Waals surface area contributed by atoms with Crippen molar-refractivity contribution in [3.8, 4) is 0 Å². The van der Waals surface area contributed by atoms with Crippen LogP contribution in [0.3, 0.4) is 0 Å². The number of ether oxygens (including phenoxy) is 1. The number of amides is 1. The van der Waals surface area contributed by atoms with Crippen molar-refractivity contribution in [3.63, 3.8) is 0 Å². The van der Waals surface area contributed by atoms with Gasteiger partial charge in [-0.05, 0) is 30.4 Å². The minimum atomic E-state index is -0.851. The summed E-state index contributed by atoms with van der Waals surface area (Å²) < 4.78 is 18.4. The van der Waals surface area contributed by atoms with Gasteiger partial charge in [-0.1, -0.05) is 31.0 Å². The third-order valence-electron chi connectivity index (χ3n) is 4.15. The molecule has 1 aromatic rings. The molecule has 0 bridgehead atoms. The molecule has 4 nitrogen and oxygen atoms in total. The maximum absolute atomic E-state index is 13.7. The molecule has 0 aromatic heterocycles. The number of carbonyl (C=O) groups is 2. The van der Waals surface area contributed by atoms with Crippen LogP contribution in [0.2, 0.25) is 0 Å². The van der Waals surface area contributed by atoms with Crippen molar-refractivity contribution in [1.82, 2.24) is 5.32 Å². The Morgan fingerprint density at radius 1 is 1.32 bits per heavy atom. The lowest BCUT2D eigenvalue weighted by Crippen LogP contribution is -2.43. The summed E-state index contributed by atoms with van der Waals surface area (Å²) in [5, 5.41) is 2.69. The van der Waals surface area contributed by atoms with Crippen molar-refractivity contribution in [3.05, 3.63) is 35.6 Å². The van der Waals surface area contributed by atoms with E-state index in [4.69, 9.17) is 4.74 Å². The quantitative estimate of drug-likeness (QED) is 0.822. The Bertz CT molecular complexity index is 526. The van der Waals surface area contributed by atoms with Crippen molar-refractivity contribution in [2.45, 2.75) is 44.6 Å². The van der Waals surface area contributed by atoms with Gasteiger partial charge in [-0.3, -0.25) is 4.79 Å². The van der Waals surface area contributed by atoms with Crippen LogP contribution in [-0.2, 0) is 20.7 Å². The average molecular weight is 307 g/mol. The van der Waals surface area contributed by atoms with Crippen LogP contribution in [0.5, 0.6) is 0 Å². The number of hydrogen-bond donors (Lipinski definition) is 1. The molecule has 0 radical (unpaired) electrons. The Morgan fingerprint density at radius 2 is 2.00 bits per heavy atom. The molecule has 1 N–H and O–H groups in total. The van der Waals surface area contributed by atoms with Gasteiger partial charge in [-0.15, -0.1) is 0 Å². The third kappa shape index (κ3) is 4.55. The molecule has 1 aliphatic rings. The molecule has 0 spiro atoms. The van der Waals surface area contributed by atoms with Crippen LogP contribution in [0.1, 0.15) is 37.7 Å². The zero-order valence-corrected chi connectivity index (χ0v) is 12.8. The summed E-state index contributed by atoms with van der Waals surface area (Å²) in [6, 6.07) is 5.38. The molecule has 1 saturated carbocycles. The van der Waals surface area contributed by atoms with Gasteiger partial charge in [0.15, 0.2) is 0 Å². The van der Waals surface area contributed by atoms with E-state index in [0.717, 1.165) is 25.7 Å². The smallest absolute Gasteiger partial charge is 0.328 e. The van der Waals surface area contributed by atoms with Gasteiger partial charge in [0.05, 0.1) is 7.11 Å². The number of carbonyl (C=O) groups excluding carboxylic acids is 2. The van der Waals surface area contributed by atoms with Gasteiger partial charge in [0.25, 0.3) is 0 Å². The van der Waals surface area contributed by atoms with Crippen molar-refractivity contribution in [2.75, 3.05) is 7.11 Å². The van der Waals surface area contributed by atoms with E-state index in [-0.39, 0.29) is 18.1 Å². The first-order chi connectivity index (χ1) is 10.6. The van der Waals surface area contributed by atoms with Crippen molar-refractivity contribution >= 4 is 11.9 Å². The monoisotopic (exact) mass is 307 g/mol. The first-order valence-electron chi connectivity index (χ1n) is 7.70. The lowest BCUT2D eigenvalue weighted by Gasteiger charge is -2.18. The van der Waals surface area contributed by atoms with E-state index >= 15 is 0 Å². The summed E-state index contributed by atoms with van der Waals surface area (Å²) in [6.45, 7) is 0. The van der Waals surface area contributed by atoms with Crippen LogP contribution in [0, 0.1) is 11.7 Å². The minimum Gasteiger partial charge on any atom is -0.467 e. The Labute approximate surface area is 130 Å². The van der Waals surface area contributed by atoms with Gasteiger partial charge < -0.3 is 10.1 Å². The van der Waals surface area contributed by atoms with Crippen LogP contribution in [0.25, 0.3) is 0 Å². The van der Waals surface area contributed by atoms with Crippen LogP contribution in [-0.4, -0.2) is 25.0 Å². The Balaban J connectivity index is 1.98. The minimum absolute atomic E-state index is 0.0930. The van der Waals surface area contributed by atoms with E-state index in [2.05, 4.69) is 5.32 Å². The highest BCUT2D eigenvalue weighted by Gasteiger charge is 2.25. The number of rotatable bonds is 6. The predicted octanol–water partition coefficient (Wildman–Crippen LogP) is 2.61. The first-order valence-corrected chi connectivity index (χ1v) is 7.70. The van der Waals surface area contributed by atoms with Crippen LogP contribution in [0.4, 0.5) is 4.39 Å². The van der Waals surface area contributed by atoms with E-state index in [1.165, 1.54) is 13.2 Å². The van der Waals surface area contributed by atoms with Crippen LogP contribution >= 0.6 is 0 Å². The molecular weight excluding hydrogens is 285 g/mol. The number of nitrogens with one attached hydrogen (secondary N) is 1. The first kappa shape index (κ1) is 16.5. The number of methoxy groups -OCH3 is 1. The second-order valence-corrected chi connectivity index (χ2v) is 5.79. The molecule has 1 atom stereocenters. The normalized spacial score (nSPS) is 16.3. The topological polar surface area (TPSA) is 55.4 Å². The van der Waals surface area contributed by atoms with E-state index in [1.807, 2.05) is 0 Å². The molecule has 1 aliphatic carbocycles. The molecule has 1 amide bonds. The molecule has 5 heteroatoms. The zero-order chi connectivity index (χ0) is 15.9.